The van der Waals surface area contributed by atoms with Crippen molar-refractivity contribution in [2.24, 2.45) is 0 Å². The molecule has 0 N–H and O–H groups in total. The molecule has 120 valence electrons. The van der Waals surface area contributed by atoms with Gasteiger partial charge in [0.15, 0.2) is 0 Å². The summed E-state index contributed by atoms with van der Waals surface area (Å²) in [5.41, 5.74) is 1.89. The molecule has 0 aromatic heterocycles. The Labute approximate surface area is 132 Å². The largest absolute Gasteiger partial charge is 0.444 e. The monoisotopic (exact) mass is 303 g/mol. The van der Waals surface area contributed by atoms with Crippen LogP contribution in [0.25, 0.3) is 0 Å². The van der Waals surface area contributed by atoms with Crippen LogP contribution in [0.3, 0.4) is 0 Å². The Morgan fingerprint density at radius 1 is 1.23 bits per heavy atom. The molecule has 0 saturated carbocycles. The third-order valence-corrected chi connectivity index (χ3v) is 3.92. The lowest BCUT2D eigenvalue weighted by molar-refractivity contribution is -0.107. The van der Waals surface area contributed by atoms with E-state index in [2.05, 4.69) is 12.1 Å². The highest BCUT2D eigenvalue weighted by Crippen LogP contribution is 2.28. The summed E-state index contributed by atoms with van der Waals surface area (Å²) in [5, 5.41) is 0. The van der Waals surface area contributed by atoms with Crippen molar-refractivity contribution in [1.82, 2.24) is 4.90 Å². The Morgan fingerprint density at radius 2 is 1.82 bits per heavy atom. The second kappa shape index (κ2) is 6.95. The molecule has 0 atom stereocenters. The molecule has 0 aliphatic carbocycles. The molecule has 4 heteroatoms. The summed E-state index contributed by atoms with van der Waals surface area (Å²) >= 11 is 0. The van der Waals surface area contributed by atoms with Gasteiger partial charge in [-0.05, 0) is 50.7 Å². The Bertz CT molecular complexity index is 508. The topological polar surface area (TPSA) is 46.6 Å². The molecule has 1 saturated heterocycles. The number of piperidine rings is 1. The summed E-state index contributed by atoms with van der Waals surface area (Å²) in [6.45, 7) is 7.13. The van der Waals surface area contributed by atoms with Gasteiger partial charge in [0.2, 0.25) is 0 Å². The number of nitrogens with zero attached hydrogens (tertiary/aromatic N) is 1. The fourth-order valence-corrected chi connectivity index (χ4v) is 2.74. The van der Waals surface area contributed by atoms with Crippen LogP contribution in [0.5, 0.6) is 0 Å². The third kappa shape index (κ3) is 4.58. The van der Waals surface area contributed by atoms with Gasteiger partial charge >= 0.3 is 6.09 Å². The van der Waals surface area contributed by atoms with Crippen LogP contribution in [0.1, 0.15) is 50.7 Å². The minimum absolute atomic E-state index is 0.215. The van der Waals surface area contributed by atoms with Gasteiger partial charge in [-0.2, -0.15) is 0 Å². The molecule has 4 nitrogen and oxygen atoms in total. The number of aldehydes is 1. The van der Waals surface area contributed by atoms with Gasteiger partial charge in [0.05, 0.1) is 0 Å². The van der Waals surface area contributed by atoms with Crippen LogP contribution >= 0.6 is 0 Å². The van der Waals surface area contributed by atoms with E-state index in [1.54, 1.807) is 4.90 Å². The number of ether oxygens (including phenoxy) is 1. The van der Waals surface area contributed by atoms with Gasteiger partial charge in [-0.25, -0.2) is 4.79 Å². The van der Waals surface area contributed by atoms with Crippen molar-refractivity contribution < 1.29 is 14.3 Å². The minimum atomic E-state index is -0.442. The number of benzene rings is 1. The van der Waals surface area contributed by atoms with Crippen molar-refractivity contribution >= 4 is 12.4 Å². The SMILES string of the molecule is CC(C)(C)OC(=O)N1CCC(c2ccc(CC=O)cc2)CC1. The Kier molecular flexibility index (Phi) is 5.22. The molecule has 1 aliphatic heterocycles. The lowest BCUT2D eigenvalue weighted by Crippen LogP contribution is -2.41. The summed E-state index contributed by atoms with van der Waals surface area (Å²) in [7, 11) is 0. The van der Waals surface area contributed by atoms with E-state index in [4.69, 9.17) is 4.74 Å². The van der Waals surface area contributed by atoms with Gasteiger partial charge in [0.25, 0.3) is 0 Å². The Hall–Kier alpha value is -1.84. The fraction of sp³-hybridized carbons (Fsp3) is 0.556. The summed E-state index contributed by atoms with van der Waals surface area (Å²) in [5.74, 6) is 0.476. The highest BCUT2D eigenvalue weighted by atomic mass is 16.6. The maximum absolute atomic E-state index is 12.0. The predicted octanol–water partition coefficient (Wildman–Crippen LogP) is 3.54. The van der Waals surface area contributed by atoms with Crippen molar-refractivity contribution in [2.75, 3.05) is 13.1 Å². The predicted molar refractivity (Wildman–Crippen MR) is 86.0 cm³/mol. The highest BCUT2D eigenvalue weighted by molar-refractivity contribution is 5.68. The maximum atomic E-state index is 12.0. The van der Waals surface area contributed by atoms with Crippen LogP contribution in [0.4, 0.5) is 4.79 Å². The second-order valence-corrected chi connectivity index (χ2v) is 6.85. The zero-order chi connectivity index (χ0) is 16.2. The third-order valence-electron chi connectivity index (χ3n) is 3.92. The lowest BCUT2D eigenvalue weighted by Gasteiger charge is -2.33. The number of likely N-dealkylation sites (tertiary alicyclic amines) is 1. The van der Waals surface area contributed by atoms with E-state index in [1.807, 2.05) is 32.9 Å². The molecule has 1 aliphatic rings. The molecule has 1 aromatic carbocycles. The zero-order valence-electron chi connectivity index (χ0n) is 13.7. The maximum Gasteiger partial charge on any atom is 0.410 e. The van der Waals surface area contributed by atoms with E-state index >= 15 is 0 Å². The summed E-state index contributed by atoms with van der Waals surface area (Å²) in [6.07, 6.45) is 3.08. The van der Waals surface area contributed by atoms with Crippen molar-refractivity contribution in [3.63, 3.8) is 0 Å². The van der Waals surface area contributed by atoms with Crippen molar-refractivity contribution in [3.05, 3.63) is 35.4 Å². The number of carbonyl (C=O) groups excluding carboxylic acids is 2. The average Bonchev–Trinajstić information content (AvgIpc) is 2.47. The molecule has 22 heavy (non-hydrogen) atoms. The standard InChI is InChI=1S/C18H25NO3/c1-18(2,3)22-17(21)19-11-8-16(9-12-19)15-6-4-14(5-7-15)10-13-20/h4-7,13,16H,8-12H2,1-3H3. The average molecular weight is 303 g/mol. The van der Waals surface area contributed by atoms with E-state index in [0.29, 0.717) is 12.3 Å². The van der Waals surface area contributed by atoms with Gasteiger partial charge in [0.1, 0.15) is 11.9 Å². The molecule has 1 aromatic rings. The number of carbonyl (C=O) groups is 2. The molecule has 0 spiro atoms. The fourth-order valence-electron chi connectivity index (χ4n) is 2.74. The second-order valence-electron chi connectivity index (χ2n) is 6.85. The van der Waals surface area contributed by atoms with Crippen LogP contribution in [-0.2, 0) is 16.0 Å². The van der Waals surface area contributed by atoms with Gasteiger partial charge in [0, 0.05) is 19.5 Å². The molecule has 0 unspecified atom stereocenters. The number of amides is 1. The molecule has 1 fully saturated rings. The first-order valence-electron chi connectivity index (χ1n) is 7.89. The van der Waals surface area contributed by atoms with E-state index in [-0.39, 0.29) is 6.09 Å². The molecule has 2 rings (SSSR count). The first kappa shape index (κ1) is 16.5. The Morgan fingerprint density at radius 3 is 2.32 bits per heavy atom. The highest BCUT2D eigenvalue weighted by Gasteiger charge is 2.27. The van der Waals surface area contributed by atoms with Crippen LogP contribution in [0.2, 0.25) is 0 Å². The molecule has 1 heterocycles. The summed E-state index contributed by atoms with van der Waals surface area (Å²) in [4.78, 5) is 24.3. The van der Waals surface area contributed by atoms with Crippen molar-refractivity contribution in [2.45, 2.75) is 51.6 Å². The lowest BCUT2D eigenvalue weighted by atomic mass is 9.89. The minimum Gasteiger partial charge on any atom is -0.444 e. The van der Waals surface area contributed by atoms with E-state index in [0.717, 1.165) is 37.8 Å². The van der Waals surface area contributed by atoms with E-state index in [1.165, 1.54) is 5.56 Å². The molecular weight excluding hydrogens is 278 g/mol. The molecule has 0 bridgehead atoms. The first-order chi connectivity index (χ1) is 10.4. The number of hydrogen-bond donors (Lipinski definition) is 0. The van der Waals surface area contributed by atoms with Gasteiger partial charge in [-0.15, -0.1) is 0 Å². The summed E-state index contributed by atoms with van der Waals surface area (Å²) in [6, 6.07) is 8.24. The zero-order valence-corrected chi connectivity index (χ0v) is 13.7. The normalized spacial score (nSPS) is 16.4. The first-order valence-corrected chi connectivity index (χ1v) is 7.89. The number of hydrogen-bond acceptors (Lipinski definition) is 3. The van der Waals surface area contributed by atoms with Crippen LogP contribution in [0.15, 0.2) is 24.3 Å². The van der Waals surface area contributed by atoms with Crippen LogP contribution in [0, 0.1) is 0 Å². The summed E-state index contributed by atoms with van der Waals surface area (Å²) < 4.78 is 5.41. The quantitative estimate of drug-likeness (QED) is 0.802. The smallest absolute Gasteiger partial charge is 0.410 e. The van der Waals surface area contributed by atoms with Gasteiger partial charge in [-0.1, -0.05) is 24.3 Å². The molecule has 0 radical (unpaired) electrons. The van der Waals surface area contributed by atoms with Gasteiger partial charge < -0.3 is 14.4 Å². The van der Waals surface area contributed by atoms with Crippen molar-refractivity contribution in [1.29, 1.82) is 0 Å². The van der Waals surface area contributed by atoms with Crippen LogP contribution < -0.4 is 0 Å². The van der Waals surface area contributed by atoms with Crippen molar-refractivity contribution in [3.8, 4) is 0 Å². The van der Waals surface area contributed by atoms with E-state index < -0.39 is 5.60 Å². The van der Waals surface area contributed by atoms with Crippen LogP contribution in [-0.4, -0.2) is 36.0 Å². The molecule has 1 amide bonds. The van der Waals surface area contributed by atoms with E-state index in [9.17, 15) is 9.59 Å². The Balaban J connectivity index is 1.89. The molecular formula is C18H25NO3. The van der Waals surface area contributed by atoms with Gasteiger partial charge in [-0.3, -0.25) is 0 Å². The number of rotatable bonds is 3.